The zero-order chi connectivity index (χ0) is 20.2. The quantitative estimate of drug-likeness (QED) is 0.540. The Kier molecular flexibility index (Phi) is 9.73. The summed E-state index contributed by atoms with van der Waals surface area (Å²) in [5, 5.41) is 29.9. The number of carbonyl (C=O) groups is 3. The zero-order valence-electron chi connectivity index (χ0n) is 14.3. The highest BCUT2D eigenvalue weighted by molar-refractivity contribution is 5.89. The lowest BCUT2D eigenvalue weighted by molar-refractivity contribution is -0.134. The molecule has 0 spiro atoms. The predicted octanol–water partition coefficient (Wildman–Crippen LogP) is 1.76. The third-order valence-electron chi connectivity index (χ3n) is 2.66. The van der Waals surface area contributed by atoms with E-state index in [-0.39, 0.29) is 18.1 Å². The fraction of sp³-hybridized carbons (Fsp3) is 0.294. The van der Waals surface area contributed by atoms with Gasteiger partial charge in [-0.25, -0.2) is 14.0 Å². The van der Waals surface area contributed by atoms with E-state index in [1.165, 1.54) is 12.1 Å². The van der Waals surface area contributed by atoms with Crippen LogP contribution in [0.1, 0.15) is 20.3 Å². The summed E-state index contributed by atoms with van der Waals surface area (Å²) in [4.78, 5) is 30.4. The fourth-order valence-corrected chi connectivity index (χ4v) is 1.57. The van der Waals surface area contributed by atoms with Gasteiger partial charge in [-0.15, -0.1) is 0 Å². The summed E-state index contributed by atoms with van der Waals surface area (Å²) in [6, 6.07) is 7.78. The Hall–Kier alpha value is -3.41. The number of nitrogens with zero attached hydrogens (tertiary/aromatic N) is 1. The minimum atomic E-state index is -1.26. The number of carboxylic acid groups (broad SMARTS) is 2. The average Bonchev–Trinajstić information content (AvgIpc) is 2.53. The van der Waals surface area contributed by atoms with Crippen molar-refractivity contribution in [1.82, 2.24) is 5.32 Å². The van der Waals surface area contributed by atoms with Crippen molar-refractivity contribution >= 4 is 23.5 Å². The van der Waals surface area contributed by atoms with E-state index < -0.39 is 17.5 Å². The number of anilines is 1. The fourth-order valence-electron chi connectivity index (χ4n) is 1.57. The van der Waals surface area contributed by atoms with Crippen LogP contribution in [-0.2, 0) is 14.4 Å². The van der Waals surface area contributed by atoms with Gasteiger partial charge in [0.15, 0.2) is 0 Å². The third-order valence-corrected chi connectivity index (χ3v) is 2.66. The van der Waals surface area contributed by atoms with Crippen molar-refractivity contribution < 1.29 is 29.0 Å². The van der Waals surface area contributed by atoms with Gasteiger partial charge in [-0.3, -0.25) is 4.79 Å². The zero-order valence-corrected chi connectivity index (χ0v) is 14.3. The molecule has 1 rings (SSSR count). The molecule has 0 aliphatic heterocycles. The Labute approximate surface area is 149 Å². The second-order valence-electron chi connectivity index (χ2n) is 5.64. The first kappa shape index (κ1) is 22.6. The van der Waals surface area contributed by atoms with Crippen LogP contribution in [0.4, 0.5) is 10.1 Å². The number of carbonyl (C=O) groups excluding carboxylic acids is 1. The molecule has 0 saturated heterocycles. The normalized spacial score (nSPS) is 10.2. The lowest BCUT2D eigenvalue weighted by atomic mass is 10.1. The number of amides is 1. The molecule has 0 atom stereocenters. The van der Waals surface area contributed by atoms with Gasteiger partial charge in [-0.05, 0) is 38.1 Å². The highest BCUT2D eigenvalue weighted by Crippen LogP contribution is 2.10. The van der Waals surface area contributed by atoms with Crippen molar-refractivity contribution in [2.24, 2.45) is 0 Å². The highest BCUT2D eigenvalue weighted by Gasteiger charge is 2.19. The van der Waals surface area contributed by atoms with Crippen molar-refractivity contribution in [2.45, 2.75) is 25.8 Å². The van der Waals surface area contributed by atoms with Gasteiger partial charge in [0.25, 0.3) is 0 Å². The summed E-state index contributed by atoms with van der Waals surface area (Å²) in [6.45, 7) is 4.17. The molecule has 1 amide bonds. The van der Waals surface area contributed by atoms with Crippen LogP contribution in [0.5, 0.6) is 0 Å². The Morgan fingerprint density at radius 1 is 1.15 bits per heavy atom. The minimum Gasteiger partial charge on any atom is -0.478 e. The summed E-state index contributed by atoms with van der Waals surface area (Å²) >= 11 is 0. The molecule has 0 unspecified atom stereocenters. The first-order valence-electron chi connectivity index (χ1n) is 7.37. The average molecular weight is 365 g/mol. The Morgan fingerprint density at radius 3 is 2.08 bits per heavy atom. The summed E-state index contributed by atoms with van der Waals surface area (Å²) in [5.41, 5.74) is 0.293. The van der Waals surface area contributed by atoms with E-state index in [0.29, 0.717) is 18.7 Å². The van der Waals surface area contributed by atoms with Crippen molar-refractivity contribution in [3.63, 3.8) is 0 Å². The van der Waals surface area contributed by atoms with Gasteiger partial charge in [-0.1, -0.05) is 0 Å². The number of hydrogen-bond acceptors (Lipinski definition) is 5. The number of nitrogens with one attached hydrogen (secondary N) is 2. The molecule has 140 valence electrons. The largest absolute Gasteiger partial charge is 0.478 e. The molecule has 0 fully saturated rings. The van der Waals surface area contributed by atoms with Crippen LogP contribution < -0.4 is 10.6 Å². The number of carboxylic acids is 2. The molecule has 0 heterocycles. The summed E-state index contributed by atoms with van der Waals surface area (Å²) in [7, 11) is 0. The number of halogens is 1. The molecule has 1 aromatic carbocycles. The van der Waals surface area contributed by atoms with Crippen LogP contribution in [0, 0.1) is 17.1 Å². The Bertz CT molecular complexity index is 677. The molecule has 4 N–H and O–H groups in total. The van der Waals surface area contributed by atoms with Crippen LogP contribution in [-0.4, -0.2) is 40.1 Å². The number of rotatable bonds is 7. The maximum atomic E-state index is 12.7. The van der Waals surface area contributed by atoms with Gasteiger partial charge in [0.05, 0.1) is 11.6 Å². The topological polar surface area (TPSA) is 140 Å². The van der Waals surface area contributed by atoms with Crippen LogP contribution in [0.15, 0.2) is 36.4 Å². The molecule has 8 nitrogen and oxygen atoms in total. The summed E-state index contributed by atoms with van der Waals surface area (Å²) in [6.07, 6.45) is 0.963. The van der Waals surface area contributed by atoms with Crippen molar-refractivity contribution in [2.75, 3.05) is 11.9 Å². The van der Waals surface area contributed by atoms with Crippen molar-refractivity contribution in [3.8, 4) is 6.07 Å². The van der Waals surface area contributed by atoms with E-state index in [9.17, 15) is 18.8 Å². The molecule has 0 aliphatic carbocycles. The van der Waals surface area contributed by atoms with Gasteiger partial charge < -0.3 is 20.8 Å². The molecule has 0 saturated carbocycles. The second-order valence-corrected chi connectivity index (χ2v) is 5.64. The predicted molar refractivity (Wildman–Crippen MR) is 91.8 cm³/mol. The van der Waals surface area contributed by atoms with Crippen LogP contribution in [0.25, 0.3) is 0 Å². The van der Waals surface area contributed by atoms with E-state index in [0.717, 1.165) is 5.69 Å². The third kappa shape index (κ3) is 12.1. The molecule has 0 aromatic heterocycles. The summed E-state index contributed by atoms with van der Waals surface area (Å²) < 4.78 is 12.7. The number of aliphatic carboxylic acids is 2. The molecule has 0 radical (unpaired) electrons. The van der Waals surface area contributed by atoms with Gasteiger partial charge >= 0.3 is 11.9 Å². The van der Waals surface area contributed by atoms with Crippen LogP contribution in [0.2, 0.25) is 0 Å². The molecule has 0 bridgehead atoms. The maximum Gasteiger partial charge on any atom is 0.328 e. The lowest BCUT2D eigenvalue weighted by Crippen LogP contribution is -2.48. The van der Waals surface area contributed by atoms with Crippen LogP contribution >= 0.6 is 0 Å². The lowest BCUT2D eigenvalue weighted by Gasteiger charge is -2.26. The smallest absolute Gasteiger partial charge is 0.328 e. The van der Waals surface area contributed by atoms with E-state index in [4.69, 9.17) is 15.5 Å². The summed E-state index contributed by atoms with van der Waals surface area (Å²) in [5.74, 6) is -3.11. The van der Waals surface area contributed by atoms with Gasteiger partial charge in [-0.2, -0.15) is 5.26 Å². The molecule has 26 heavy (non-hydrogen) atoms. The van der Waals surface area contributed by atoms with E-state index in [2.05, 4.69) is 10.6 Å². The molecule has 0 aliphatic rings. The monoisotopic (exact) mass is 365 g/mol. The van der Waals surface area contributed by atoms with Crippen LogP contribution in [0.3, 0.4) is 0 Å². The molecular formula is C17H20FN3O5. The Balaban J connectivity index is 0.000000660. The molecular weight excluding hydrogens is 345 g/mol. The Morgan fingerprint density at radius 2 is 1.65 bits per heavy atom. The number of benzene rings is 1. The SMILES string of the molecule is CC(C)(CNc1ccc(F)cc1)NC(=O)CC#N.O=C(O)/C=C/C(=O)O. The first-order chi connectivity index (χ1) is 12.1. The standard InChI is InChI=1S/C13H16FN3O.C4H4O4/c1-13(2,17-12(18)7-8-15)9-16-11-5-3-10(14)4-6-11;5-3(6)1-2-4(7)8/h3-6,16H,7,9H2,1-2H3,(H,17,18);1-2H,(H,5,6)(H,7,8)/b;2-1+. The van der Waals surface area contributed by atoms with E-state index in [1.54, 1.807) is 18.2 Å². The first-order valence-corrected chi connectivity index (χ1v) is 7.37. The van der Waals surface area contributed by atoms with E-state index >= 15 is 0 Å². The minimum absolute atomic E-state index is 0.153. The molecule has 1 aromatic rings. The second kappa shape index (κ2) is 11.2. The number of hydrogen-bond donors (Lipinski definition) is 4. The van der Waals surface area contributed by atoms with E-state index in [1.807, 2.05) is 13.8 Å². The van der Waals surface area contributed by atoms with Crippen molar-refractivity contribution in [1.29, 1.82) is 5.26 Å². The maximum absolute atomic E-state index is 12.7. The number of nitriles is 1. The van der Waals surface area contributed by atoms with Crippen molar-refractivity contribution in [3.05, 3.63) is 42.2 Å². The molecule has 9 heteroatoms. The van der Waals surface area contributed by atoms with Gasteiger partial charge in [0.2, 0.25) is 5.91 Å². The highest BCUT2D eigenvalue weighted by atomic mass is 19.1. The van der Waals surface area contributed by atoms with Gasteiger partial charge in [0, 0.05) is 24.4 Å². The van der Waals surface area contributed by atoms with Gasteiger partial charge in [0.1, 0.15) is 12.2 Å².